The van der Waals surface area contributed by atoms with Gasteiger partial charge in [0.15, 0.2) is 0 Å². The SMILES string of the molecule is NC(CCC(=O)O)C(=O)O.NCCC(=O)O.NCCCC(N)C(=O)O. The van der Waals surface area contributed by atoms with Crippen LogP contribution in [0, 0.1) is 0 Å². The molecule has 12 nitrogen and oxygen atoms in total. The van der Waals surface area contributed by atoms with E-state index in [0.29, 0.717) is 19.4 Å². The fraction of sp³-hybridized carbons (Fsp3) is 0.692. The zero-order valence-electron chi connectivity index (χ0n) is 13.8. The van der Waals surface area contributed by atoms with Crippen LogP contribution in [0.25, 0.3) is 0 Å². The molecule has 0 aliphatic rings. The molecule has 0 aromatic rings. The van der Waals surface area contributed by atoms with Gasteiger partial charge in [-0.15, -0.1) is 0 Å². The lowest BCUT2D eigenvalue weighted by atomic mass is 10.2. The molecule has 0 aromatic carbocycles. The van der Waals surface area contributed by atoms with Gasteiger partial charge in [-0.05, 0) is 25.8 Å². The standard InChI is InChI=1S/C5H12N2O2.C5H9NO4.C3H7NO2/c6-3-1-2-4(7)5(8)9;6-3(5(9)10)1-2-4(7)8;4-2-1-3(5)6/h4H,1-3,6-7H2,(H,8,9);3H,1-2,6H2,(H,7,8)(H,9,10);1-2,4H2,(H,5,6). The summed E-state index contributed by atoms with van der Waals surface area (Å²) >= 11 is 0. The average molecular weight is 368 g/mol. The molecule has 0 rings (SSSR count). The van der Waals surface area contributed by atoms with Crippen LogP contribution in [0.15, 0.2) is 0 Å². The van der Waals surface area contributed by atoms with Gasteiger partial charge in [0.25, 0.3) is 0 Å². The minimum atomic E-state index is -1.17. The van der Waals surface area contributed by atoms with E-state index in [2.05, 4.69) is 0 Å². The lowest BCUT2D eigenvalue weighted by Crippen LogP contribution is -2.30. The molecule has 0 fully saturated rings. The fourth-order valence-corrected chi connectivity index (χ4v) is 0.987. The number of carbonyl (C=O) groups is 4. The van der Waals surface area contributed by atoms with Crippen molar-refractivity contribution in [1.29, 1.82) is 0 Å². The largest absolute Gasteiger partial charge is 0.481 e. The van der Waals surface area contributed by atoms with Gasteiger partial charge in [-0.2, -0.15) is 0 Å². The molecule has 0 bridgehead atoms. The first-order valence-corrected chi connectivity index (χ1v) is 7.30. The second-order valence-electron chi connectivity index (χ2n) is 4.69. The molecule has 2 unspecified atom stereocenters. The van der Waals surface area contributed by atoms with Crippen molar-refractivity contribution in [3.8, 4) is 0 Å². The summed E-state index contributed by atoms with van der Waals surface area (Å²) in [6.07, 6.45) is 0.984. The van der Waals surface area contributed by atoms with Crippen molar-refractivity contribution in [2.45, 2.75) is 44.2 Å². The Kier molecular flexibility index (Phi) is 19.9. The van der Waals surface area contributed by atoms with Crippen molar-refractivity contribution in [1.82, 2.24) is 0 Å². The normalized spacial score (nSPS) is 11.7. The van der Waals surface area contributed by atoms with E-state index >= 15 is 0 Å². The van der Waals surface area contributed by atoms with Crippen LogP contribution in [0.1, 0.15) is 32.1 Å². The molecule has 0 aliphatic heterocycles. The predicted octanol–water partition coefficient (Wildman–Crippen LogP) is -2.18. The van der Waals surface area contributed by atoms with E-state index in [4.69, 9.17) is 43.4 Å². The Morgan fingerprint density at radius 2 is 1.08 bits per heavy atom. The van der Waals surface area contributed by atoms with Gasteiger partial charge in [0.05, 0.1) is 6.42 Å². The molecular formula is C13H28N4O8. The minimum Gasteiger partial charge on any atom is -0.481 e. The molecule has 0 saturated heterocycles. The maximum atomic E-state index is 10.0. The van der Waals surface area contributed by atoms with Crippen molar-refractivity contribution in [3.05, 3.63) is 0 Å². The Morgan fingerprint density at radius 3 is 1.32 bits per heavy atom. The maximum absolute atomic E-state index is 10.0. The van der Waals surface area contributed by atoms with Crippen molar-refractivity contribution in [3.63, 3.8) is 0 Å². The van der Waals surface area contributed by atoms with E-state index in [0.717, 1.165) is 0 Å². The minimum absolute atomic E-state index is 0.0231. The summed E-state index contributed by atoms with van der Waals surface area (Å²) in [6.45, 7) is 0.732. The number of nitrogens with two attached hydrogens (primary N) is 4. The lowest BCUT2D eigenvalue weighted by Gasteiger charge is -2.02. The van der Waals surface area contributed by atoms with Crippen molar-refractivity contribution in [2.24, 2.45) is 22.9 Å². The molecule has 0 radical (unpaired) electrons. The number of rotatable bonds is 10. The molecule has 0 aromatic heterocycles. The maximum Gasteiger partial charge on any atom is 0.320 e. The Morgan fingerprint density at radius 1 is 0.680 bits per heavy atom. The Labute approximate surface area is 144 Å². The molecule has 0 aliphatic carbocycles. The number of carboxylic acids is 4. The Bertz CT molecular complexity index is 405. The number of carboxylic acid groups (broad SMARTS) is 4. The summed E-state index contributed by atoms with van der Waals surface area (Å²) in [5.74, 6) is -3.99. The fourth-order valence-electron chi connectivity index (χ4n) is 0.987. The molecule has 12 heteroatoms. The number of aliphatic carboxylic acids is 4. The van der Waals surface area contributed by atoms with E-state index in [1.165, 1.54) is 0 Å². The third kappa shape index (κ3) is 26.9. The average Bonchev–Trinajstić information content (AvgIpc) is 2.50. The van der Waals surface area contributed by atoms with Crippen LogP contribution in [0.2, 0.25) is 0 Å². The Balaban J connectivity index is -0.000000300. The second kappa shape index (κ2) is 18.1. The smallest absolute Gasteiger partial charge is 0.320 e. The van der Waals surface area contributed by atoms with E-state index < -0.39 is 36.0 Å². The van der Waals surface area contributed by atoms with Crippen molar-refractivity contribution >= 4 is 23.9 Å². The van der Waals surface area contributed by atoms with Crippen LogP contribution in [0.5, 0.6) is 0 Å². The quantitative estimate of drug-likeness (QED) is 0.205. The molecule has 0 spiro atoms. The van der Waals surface area contributed by atoms with Gasteiger partial charge in [0, 0.05) is 13.0 Å². The van der Waals surface area contributed by atoms with E-state index in [1.807, 2.05) is 0 Å². The van der Waals surface area contributed by atoms with Gasteiger partial charge < -0.3 is 43.4 Å². The first kappa shape index (κ1) is 27.6. The zero-order valence-corrected chi connectivity index (χ0v) is 13.8. The molecule has 12 N–H and O–H groups in total. The van der Waals surface area contributed by atoms with Crippen LogP contribution in [0.3, 0.4) is 0 Å². The lowest BCUT2D eigenvalue weighted by molar-refractivity contribution is -0.140. The van der Waals surface area contributed by atoms with Gasteiger partial charge >= 0.3 is 23.9 Å². The molecule has 0 heterocycles. The first-order valence-electron chi connectivity index (χ1n) is 7.30. The summed E-state index contributed by atoms with van der Waals surface area (Å²) in [5.41, 5.74) is 20.1. The topological polar surface area (TPSA) is 253 Å². The molecule has 25 heavy (non-hydrogen) atoms. The first-order chi connectivity index (χ1) is 11.5. The molecule has 2 atom stereocenters. The van der Waals surface area contributed by atoms with Crippen LogP contribution in [0.4, 0.5) is 0 Å². The van der Waals surface area contributed by atoms with Crippen LogP contribution in [-0.4, -0.2) is 69.5 Å². The summed E-state index contributed by atoms with van der Waals surface area (Å²) in [6, 6.07) is -1.80. The molecule has 0 amide bonds. The second-order valence-corrected chi connectivity index (χ2v) is 4.69. The zero-order chi connectivity index (χ0) is 20.4. The van der Waals surface area contributed by atoms with Crippen LogP contribution in [-0.2, 0) is 19.2 Å². The molecular weight excluding hydrogens is 340 g/mol. The monoisotopic (exact) mass is 368 g/mol. The van der Waals surface area contributed by atoms with Gasteiger partial charge in [-0.3, -0.25) is 19.2 Å². The van der Waals surface area contributed by atoms with E-state index in [9.17, 15) is 19.2 Å². The van der Waals surface area contributed by atoms with Gasteiger partial charge in [-0.25, -0.2) is 0 Å². The van der Waals surface area contributed by atoms with Gasteiger partial charge in [0.2, 0.25) is 0 Å². The van der Waals surface area contributed by atoms with Crippen molar-refractivity contribution < 1.29 is 39.6 Å². The molecule has 0 saturated carbocycles. The summed E-state index contributed by atoms with van der Waals surface area (Å²) in [5, 5.41) is 32.3. The van der Waals surface area contributed by atoms with E-state index in [1.54, 1.807) is 0 Å². The highest BCUT2D eigenvalue weighted by Gasteiger charge is 2.12. The van der Waals surface area contributed by atoms with Crippen molar-refractivity contribution in [2.75, 3.05) is 13.1 Å². The molecule has 148 valence electrons. The third-order valence-electron chi connectivity index (χ3n) is 2.38. The van der Waals surface area contributed by atoms with Crippen LogP contribution >= 0.6 is 0 Å². The predicted molar refractivity (Wildman–Crippen MR) is 87.7 cm³/mol. The highest BCUT2D eigenvalue weighted by atomic mass is 16.4. The Hall–Kier alpha value is -2.28. The highest BCUT2D eigenvalue weighted by molar-refractivity contribution is 5.74. The highest BCUT2D eigenvalue weighted by Crippen LogP contribution is 1.93. The number of hydrogen-bond donors (Lipinski definition) is 8. The van der Waals surface area contributed by atoms with Gasteiger partial charge in [0.1, 0.15) is 12.1 Å². The van der Waals surface area contributed by atoms with Crippen LogP contribution < -0.4 is 22.9 Å². The van der Waals surface area contributed by atoms with E-state index in [-0.39, 0.29) is 25.8 Å². The third-order valence-corrected chi connectivity index (χ3v) is 2.38. The van der Waals surface area contributed by atoms with Gasteiger partial charge in [-0.1, -0.05) is 0 Å². The summed E-state index contributed by atoms with van der Waals surface area (Å²) in [7, 11) is 0. The summed E-state index contributed by atoms with van der Waals surface area (Å²) < 4.78 is 0. The number of hydrogen-bond acceptors (Lipinski definition) is 8. The summed E-state index contributed by atoms with van der Waals surface area (Å²) in [4.78, 5) is 39.4.